The summed E-state index contributed by atoms with van der Waals surface area (Å²) in [6.45, 7) is 2.20. The summed E-state index contributed by atoms with van der Waals surface area (Å²) in [6, 6.07) is 0.817. The van der Waals surface area contributed by atoms with E-state index in [-0.39, 0.29) is 6.29 Å². The first-order valence-corrected chi connectivity index (χ1v) is 5.13. The summed E-state index contributed by atoms with van der Waals surface area (Å²) >= 11 is 0. The lowest BCUT2D eigenvalue weighted by atomic mass is 10.1. The molecule has 1 aliphatic heterocycles. The fraction of sp³-hybridized carbons (Fsp3) is 1.00. The Labute approximate surface area is 80.0 Å². The molecular weight excluding hydrogens is 166 g/mol. The first-order valence-electron chi connectivity index (χ1n) is 5.13. The summed E-state index contributed by atoms with van der Waals surface area (Å²) < 4.78 is 10.4. The van der Waals surface area contributed by atoms with Gasteiger partial charge in [0.05, 0.1) is 0 Å². The predicted molar refractivity (Wildman–Crippen MR) is 50.5 cm³/mol. The molecule has 0 N–H and O–H groups in total. The van der Waals surface area contributed by atoms with Crippen molar-refractivity contribution in [2.75, 3.05) is 27.3 Å². The third-order valence-corrected chi connectivity index (χ3v) is 3.43. The Kier molecular flexibility index (Phi) is 2.86. The van der Waals surface area contributed by atoms with E-state index in [0.717, 1.165) is 18.5 Å². The molecular formula is C10H19NO2. The lowest BCUT2D eigenvalue weighted by Gasteiger charge is -2.29. The monoisotopic (exact) mass is 185 g/mol. The van der Waals surface area contributed by atoms with E-state index in [2.05, 4.69) is 4.90 Å². The number of hydrogen-bond acceptors (Lipinski definition) is 3. The Morgan fingerprint density at radius 2 is 2.08 bits per heavy atom. The van der Waals surface area contributed by atoms with Crippen molar-refractivity contribution in [1.82, 2.24) is 4.90 Å². The van der Waals surface area contributed by atoms with Crippen LogP contribution in [0.5, 0.6) is 0 Å². The Morgan fingerprint density at radius 1 is 1.31 bits per heavy atom. The van der Waals surface area contributed by atoms with Gasteiger partial charge in [0.1, 0.15) is 0 Å². The van der Waals surface area contributed by atoms with Crippen LogP contribution in [0.1, 0.15) is 19.3 Å². The van der Waals surface area contributed by atoms with E-state index in [1.807, 2.05) is 0 Å². The van der Waals surface area contributed by atoms with E-state index in [1.54, 1.807) is 14.2 Å². The van der Waals surface area contributed by atoms with Crippen LogP contribution in [0.3, 0.4) is 0 Å². The Morgan fingerprint density at radius 3 is 2.54 bits per heavy atom. The van der Waals surface area contributed by atoms with Crippen molar-refractivity contribution < 1.29 is 9.47 Å². The standard InChI is InChI=1S/C10H19NO2/c1-12-10(13-2)7-11-6-8-3-4-9(11)5-8/h8-10H,3-7H2,1-2H3. The van der Waals surface area contributed by atoms with Crippen molar-refractivity contribution in [2.24, 2.45) is 5.92 Å². The van der Waals surface area contributed by atoms with E-state index in [0.29, 0.717) is 0 Å². The van der Waals surface area contributed by atoms with Gasteiger partial charge in [-0.3, -0.25) is 4.90 Å². The highest BCUT2D eigenvalue weighted by Gasteiger charge is 2.38. The number of piperidine rings is 1. The lowest BCUT2D eigenvalue weighted by molar-refractivity contribution is -0.119. The molecule has 2 rings (SSSR count). The summed E-state index contributed by atoms with van der Waals surface area (Å²) in [4.78, 5) is 2.52. The first-order chi connectivity index (χ1) is 6.33. The van der Waals surface area contributed by atoms with Gasteiger partial charge in [-0.25, -0.2) is 0 Å². The maximum Gasteiger partial charge on any atom is 0.169 e. The molecule has 0 radical (unpaired) electrons. The van der Waals surface area contributed by atoms with Crippen molar-refractivity contribution in [3.05, 3.63) is 0 Å². The van der Waals surface area contributed by atoms with Gasteiger partial charge in [-0.1, -0.05) is 0 Å². The van der Waals surface area contributed by atoms with Crippen LogP contribution in [0, 0.1) is 5.92 Å². The van der Waals surface area contributed by atoms with E-state index in [1.165, 1.54) is 25.8 Å². The minimum atomic E-state index is -0.0423. The second kappa shape index (κ2) is 3.95. The zero-order chi connectivity index (χ0) is 9.26. The van der Waals surface area contributed by atoms with E-state index in [9.17, 15) is 0 Å². The van der Waals surface area contributed by atoms with Crippen molar-refractivity contribution in [1.29, 1.82) is 0 Å². The molecule has 1 saturated heterocycles. The molecule has 3 nitrogen and oxygen atoms in total. The fourth-order valence-electron chi connectivity index (χ4n) is 2.69. The highest BCUT2D eigenvalue weighted by atomic mass is 16.7. The van der Waals surface area contributed by atoms with Gasteiger partial charge in [0.2, 0.25) is 0 Å². The summed E-state index contributed by atoms with van der Waals surface area (Å²) in [5.74, 6) is 0.958. The van der Waals surface area contributed by atoms with Crippen LogP contribution in [0.15, 0.2) is 0 Å². The van der Waals surface area contributed by atoms with Gasteiger partial charge in [-0.2, -0.15) is 0 Å². The van der Waals surface area contributed by atoms with E-state index < -0.39 is 0 Å². The summed E-state index contributed by atoms with van der Waals surface area (Å²) in [7, 11) is 3.42. The molecule has 0 amide bonds. The molecule has 1 heterocycles. The predicted octanol–water partition coefficient (Wildman–Crippen LogP) is 1.09. The Bertz CT molecular complexity index is 170. The highest BCUT2D eigenvalue weighted by Crippen LogP contribution is 2.37. The third kappa shape index (κ3) is 1.87. The molecule has 76 valence electrons. The maximum atomic E-state index is 5.21. The summed E-state index contributed by atoms with van der Waals surface area (Å²) in [5.41, 5.74) is 0. The van der Waals surface area contributed by atoms with Gasteiger partial charge in [0, 0.05) is 33.4 Å². The zero-order valence-corrected chi connectivity index (χ0v) is 8.53. The number of fused-ring (bicyclic) bond motifs is 2. The van der Waals surface area contributed by atoms with Crippen molar-refractivity contribution >= 4 is 0 Å². The molecule has 2 unspecified atom stereocenters. The number of hydrogen-bond donors (Lipinski definition) is 0. The molecule has 2 atom stereocenters. The normalized spacial score (nSPS) is 33.5. The third-order valence-electron chi connectivity index (χ3n) is 3.43. The molecule has 0 aromatic rings. The van der Waals surface area contributed by atoms with Gasteiger partial charge in [-0.15, -0.1) is 0 Å². The smallest absolute Gasteiger partial charge is 0.169 e. The van der Waals surface area contributed by atoms with Gasteiger partial charge in [0.15, 0.2) is 6.29 Å². The van der Waals surface area contributed by atoms with Crippen LogP contribution in [0.4, 0.5) is 0 Å². The van der Waals surface area contributed by atoms with Gasteiger partial charge < -0.3 is 9.47 Å². The molecule has 0 aromatic carbocycles. The second-order valence-corrected chi connectivity index (χ2v) is 4.19. The van der Waals surface area contributed by atoms with E-state index in [4.69, 9.17) is 9.47 Å². The highest BCUT2D eigenvalue weighted by molar-refractivity contribution is 4.92. The second-order valence-electron chi connectivity index (χ2n) is 4.19. The molecule has 0 aromatic heterocycles. The van der Waals surface area contributed by atoms with Crippen molar-refractivity contribution in [3.8, 4) is 0 Å². The van der Waals surface area contributed by atoms with Crippen LogP contribution >= 0.6 is 0 Å². The van der Waals surface area contributed by atoms with Crippen LogP contribution in [0.2, 0.25) is 0 Å². The summed E-state index contributed by atoms with van der Waals surface area (Å²) in [5, 5.41) is 0. The Hall–Kier alpha value is -0.120. The van der Waals surface area contributed by atoms with Crippen LogP contribution in [-0.2, 0) is 9.47 Å². The van der Waals surface area contributed by atoms with Crippen molar-refractivity contribution in [3.63, 3.8) is 0 Å². The molecule has 1 saturated carbocycles. The number of ether oxygens (including phenoxy) is 2. The minimum absolute atomic E-state index is 0.0423. The minimum Gasteiger partial charge on any atom is -0.355 e. The SMILES string of the molecule is COC(CN1CC2CCC1C2)OC. The summed E-state index contributed by atoms with van der Waals surface area (Å²) in [6.07, 6.45) is 4.18. The molecule has 2 aliphatic rings. The lowest BCUT2D eigenvalue weighted by Crippen LogP contribution is -2.39. The molecule has 1 aliphatic carbocycles. The fourth-order valence-corrected chi connectivity index (χ4v) is 2.69. The maximum absolute atomic E-state index is 5.21. The quantitative estimate of drug-likeness (QED) is 0.612. The number of methoxy groups -OCH3 is 2. The molecule has 0 spiro atoms. The topological polar surface area (TPSA) is 21.7 Å². The largest absolute Gasteiger partial charge is 0.355 e. The van der Waals surface area contributed by atoms with Crippen LogP contribution in [-0.4, -0.2) is 44.5 Å². The van der Waals surface area contributed by atoms with E-state index >= 15 is 0 Å². The molecule has 3 heteroatoms. The number of likely N-dealkylation sites (tertiary alicyclic amines) is 1. The van der Waals surface area contributed by atoms with Crippen LogP contribution < -0.4 is 0 Å². The van der Waals surface area contributed by atoms with Gasteiger partial charge in [0.25, 0.3) is 0 Å². The first kappa shape index (κ1) is 9.44. The molecule has 2 fully saturated rings. The van der Waals surface area contributed by atoms with Crippen molar-refractivity contribution in [2.45, 2.75) is 31.6 Å². The number of rotatable bonds is 4. The average Bonchev–Trinajstić information content (AvgIpc) is 2.75. The average molecular weight is 185 g/mol. The van der Waals surface area contributed by atoms with Gasteiger partial charge in [-0.05, 0) is 25.2 Å². The van der Waals surface area contributed by atoms with Gasteiger partial charge >= 0.3 is 0 Å². The Balaban J connectivity index is 1.82. The zero-order valence-electron chi connectivity index (χ0n) is 8.53. The molecule has 13 heavy (non-hydrogen) atoms. The number of nitrogens with zero attached hydrogens (tertiary/aromatic N) is 1. The molecule has 2 bridgehead atoms. The van der Waals surface area contributed by atoms with Crippen LogP contribution in [0.25, 0.3) is 0 Å².